The summed E-state index contributed by atoms with van der Waals surface area (Å²) in [5.74, 6) is -0.597. The third-order valence-electron chi connectivity index (χ3n) is 5.49. The van der Waals surface area contributed by atoms with Crippen LogP contribution in [-0.2, 0) is 11.2 Å². The molecule has 1 aromatic carbocycles. The molecule has 31 heavy (non-hydrogen) atoms. The lowest BCUT2D eigenvalue weighted by atomic mass is 10.0. The molecule has 1 atom stereocenters. The van der Waals surface area contributed by atoms with Gasteiger partial charge in [-0.05, 0) is 55.5 Å². The maximum atomic E-state index is 13.3. The first-order valence-corrected chi connectivity index (χ1v) is 10.2. The molecular formula is C22H24FN3O5. The van der Waals surface area contributed by atoms with Crippen molar-refractivity contribution in [2.45, 2.75) is 38.3 Å². The van der Waals surface area contributed by atoms with Crippen molar-refractivity contribution in [3.05, 3.63) is 53.0 Å². The summed E-state index contributed by atoms with van der Waals surface area (Å²) in [6, 6.07) is 7.16. The van der Waals surface area contributed by atoms with Gasteiger partial charge in [0.2, 0.25) is 5.88 Å². The summed E-state index contributed by atoms with van der Waals surface area (Å²) in [7, 11) is 0. The van der Waals surface area contributed by atoms with E-state index in [4.69, 9.17) is 9.47 Å². The number of amides is 2. The van der Waals surface area contributed by atoms with Crippen molar-refractivity contribution in [3.63, 3.8) is 0 Å². The molecule has 3 heterocycles. The zero-order valence-corrected chi connectivity index (χ0v) is 17.1. The Balaban J connectivity index is 1.72. The summed E-state index contributed by atoms with van der Waals surface area (Å²) in [6.07, 6.45) is 0.597. The van der Waals surface area contributed by atoms with Gasteiger partial charge in [0.25, 0.3) is 5.91 Å². The normalized spacial score (nSPS) is 18.8. The van der Waals surface area contributed by atoms with Crippen molar-refractivity contribution < 1.29 is 28.6 Å². The van der Waals surface area contributed by atoms with E-state index in [0.717, 1.165) is 5.56 Å². The topological polar surface area (TPSA) is 101 Å². The van der Waals surface area contributed by atoms with Crippen LogP contribution in [-0.4, -0.2) is 54.0 Å². The summed E-state index contributed by atoms with van der Waals surface area (Å²) >= 11 is 0. The van der Waals surface area contributed by atoms with Gasteiger partial charge in [0.15, 0.2) is 0 Å². The highest BCUT2D eigenvalue weighted by molar-refractivity contribution is 5.96. The first-order valence-electron chi connectivity index (χ1n) is 10.2. The number of anilines is 1. The average molecular weight is 429 g/mol. The Morgan fingerprint density at radius 3 is 2.65 bits per heavy atom. The van der Waals surface area contributed by atoms with E-state index in [0.29, 0.717) is 43.7 Å². The predicted molar refractivity (Wildman–Crippen MR) is 110 cm³/mol. The summed E-state index contributed by atoms with van der Waals surface area (Å²) in [4.78, 5) is 30.5. The van der Waals surface area contributed by atoms with E-state index in [1.165, 1.54) is 17.0 Å². The van der Waals surface area contributed by atoms with E-state index in [1.807, 2.05) is 0 Å². The molecule has 0 spiro atoms. The summed E-state index contributed by atoms with van der Waals surface area (Å²) in [5, 5.41) is 12.7. The van der Waals surface area contributed by atoms with Crippen molar-refractivity contribution in [3.8, 4) is 5.88 Å². The van der Waals surface area contributed by atoms with Gasteiger partial charge in [0.1, 0.15) is 23.8 Å². The van der Waals surface area contributed by atoms with E-state index in [1.54, 1.807) is 25.1 Å². The molecule has 0 bridgehead atoms. The molecular weight excluding hydrogens is 405 g/mol. The first kappa shape index (κ1) is 21.0. The van der Waals surface area contributed by atoms with Gasteiger partial charge in [-0.25, -0.2) is 14.2 Å². The number of nitrogens with zero attached hydrogens (tertiary/aromatic N) is 2. The van der Waals surface area contributed by atoms with Gasteiger partial charge in [-0.15, -0.1) is 0 Å². The highest BCUT2D eigenvalue weighted by Gasteiger charge is 2.33. The Morgan fingerprint density at radius 2 is 1.97 bits per heavy atom. The van der Waals surface area contributed by atoms with Crippen LogP contribution >= 0.6 is 0 Å². The largest absolute Gasteiger partial charge is 0.474 e. The average Bonchev–Trinajstić information content (AvgIpc) is 2.75. The second-order valence-corrected chi connectivity index (χ2v) is 7.80. The molecule has 1 aromatic heterocycles. The number of rotatable bonds is 4. The van der Waals surface area contributed by atoms with Crippen LogP contribution in [0.25, 0.3) is 0 Å². The van der Waals surface area contributed by atoms with Crippen molar-refractivity contribution >= 4 is 17.7 Å². The third kappa shape index (κ3) is 4.61. The van der Waals surface area contributed by atoms with Crippen molar-refractivity contribution in [1.82, 2.24) is 10.3 Å². The van der Waals surface area contributed by atoms with Crippen LogP contribution in [0.15, 0.2) is 30.3 Å². The lowest BCUT2D eigenvalue weighted by Gasteiger charge is -2.33. The molecule has 2 amide bonds. The number of halogens is 1. The Morgan fingerprint density at radius 1 is 1.26 bits per heavy atom. The molecule has 9 heteroatoms. The summed E-state index contributed by atoms with van der Waals surface area (Å²) in [6.45, 7) is 3.05. The number of carbonyl (C=O) groups is 2. The molecule has 0 unspecified atom stereocenters. The third-order valence-corrected chi connectivity index (χ3v) is 5.49. The zero-order chi connectivity index (χ0) is 22.0. The van der Waals surface area contributed by atoms with Crippen molar-refractivity contribution in [2.75, 3.05) is 24.7 Å². The Hall–Kier alpha value is -3.20. The Bertz CT molecular complexity index is 976. The second kappa shape index (κ2) is 8.89. The Labute approximate surface area is 179 Å². The van der Waals surface area contributed by atoms with Crippen molar-refractivity contribution in [2.24, 2.45) is 0 Å². The van der Waals surface area contributed by atoms with Gasteiger partial charge in [-0.3, -0.25) is 9.69 Å². The van der Waals surface area contributed by atoms with Gasteiger partial charge >= 0.3 is 6.09 Å². The molecule has 2 aliphatic rings. The van der Waals surface area contributed by atoms with Crippen LogP contribution in [0.5, 0.6) is 5.88 Å². The number of carboxylic acid groups (broad SMARTS) is 1. The standard InChI is InChI=1S/C22H24FN3O5/c1-13-12-31-21-18(26(13)22(28)29)11-15(10-14-2-4-16(23)5-3-14)19(25-21)20(27)24-17-6-8-30-9-7-17/h2-5,11,13,17H,6-10,12H2,1H3,(H,24,27)(H,28,29)/t13-/m0/s1. The predicted octanol–water partition coefficient (Wildman–Crippen LogP) is 2.99. The fraction of sp³-hybridized carbons (Fsp3) is 0.409. The number of ether oxygens (including phenoxy) is 2. The number of fused-ring (bicyclic) bond motifs is 1. The molecule has 1 fully saturated rings. The molecule has 4 rings (SSSR count). The number of nitrogens with one attached hydrogen (secondary N) is 1. The zero-order valence-electron chi connectivity index (χ0n) is 17.1. The van der Waals surface area contributed by atoms with Crippen LogP contribution < -0.4 is 15.0 Å². The van der Waals surface area contributed by atoms with E-state index >= 15 is 0 Å². The molecule has 0 saturated carbocycles. The molecule has 1 saturated heterocycles. The fourth-order valence-corrected chi connectivity index (χ4v) is 3.86. The number of aromatic nitrogens is 1. The minimum atomic E-state index is -1.12. The maximum absolute atomic E-state index is 13.3. The van der Waals surface area contributed by atoms with Crippen LogP contribution in [0.2, 0.25) is 0 Å². The lowest BCUT2D eigenvalue weighted by molar-refractivity contribution is 0.0693. The van der Waals surface area contributed by atoms with Gasteiger partial charge in [0.05, 0.1) is 6.04 Å². The molecule has 2 aliphatic heterocycles. The highest BCUT2D eigenvalue weighted by Crippen LogP contribution is 2.35. The minimum Gasteiger partial charge on any atom is -0.474 e. The smallest absolute Gasteiger partial charge is 0.412 e. The molecule has 8 nitrogen and oxygen atoms in total. The first-order chi connectivity index (χ1) is 14.9. The summed E-state index contributed by atoms with van der Waals surface area (Å²) < 4.78 is 24.3. The lowest BCUT2D eigenvalue weighted by Crippen LogP contribution is -2.45. The number of benzene rings is 1. The van der Waals surface area contributed by atoms with E-state index < -0.39 is 12.1 Å². The van der Waals surface area contributed by atoms with Crippen LogP contribution in [0.1, 0.15) is 41.4 Å². The minimum absolute atomic E-state index is 0.0192. The Kier molecular flexibility index (Phi) is 6.03. The van der Waals surface area contributed by atoms with E-state index in [2.05, 4.69) is 10.3 Å². The SMILES string of the molecule is C[C@H]1COc2nc(C(=O)NC3CCOCC3)c(Cc3ccc(F)cc3)cc2N1C(=O)O. The van der Waals surface area contributed by atoms with Gasteiger partial charge < -0.3 is 19.9 Å². The number of pyridine rings is 1. The highest BCUT2D eigenvalue weighted by atomic mass is 19.1. The molecule has 0 radical (unpaired) electrons. The van der Waals surface area contributed by atoms with Crippen LogP contribution in [0.3, 0.4) is 0 Å². The monoisotopic (exact) mass is 429 g/mol. The number of carbonyl (C=O) groups excluding carboxylic acids is 1. The summed E-state index contributed by atoms with van der Waals surface area (Å²) in [5.41, 5.74) is 1.79. The van der Waals surface area contributed by atoms with Gasteiger partial charge in [0, 0.05) is 19.3 Å². The fourth-order valence-electron chi connectivity index (χ4n) is 3.86. The van der Waals surface area contributed by atoms with Gasteiger partial charge in [-0.1, -0.05) is 12.1 Å². The van der Waals surface area contributed by atoms with E-state index in [-0.39, 0.29) is 35.9 Å². The van der Waals surface area contributed by atoms with Gasteiger partial charge in [-0.2, -0.15) is 0 Å². The van der Waals surface area contributed by atoms with Crippen LogP contribution in [0.4, 0.5) is 14.9 Å². The molecule has 164 valence electrons. The quantitative estimate of drug-likeness (QED) is 0.775. The molecule has 0 aliphatic carbocycles. The maximum Gasteiger partial charge on any atom is 0.412 e. The number of hydrogen-bond acceptors (Lipinski definition) is 5. The second-order valence-electron chi connectivity index (χ2n) is 7.80. The van der Waals surface area contributed by atoms with Crippen LogP contribution in [0, 0.1) is 5.82 Å². The van der Waals surface area contributed by atoms with Crippen molar-refractivity contribution in [1.29, 1.82) is 0 Å². The molecule has 2 N–H and O–H groups in total. The number of hydrogen-bond donors (Lipinski definition) is 2. The van der Waals surface area contributed by atoms with E-state index in [9.17, 15) is 19.1 Å². The molecule has 2 aromatic rings.